The van der Waals surface area contributed by atoms with Crippen molar-refractivity contribution in [2.45, 2.75) is 31.5 Å². The molecule has 0 aliphatic rings. The quantitative estimate of drug-likeness (QED) is 0.389. The van der Waals surface area contributed by atoms with E-state index in [-0.39, 0.29) is 31.8 Å². The predicted molar refractivity (Wildman–Crippen MR) is 127 cm³/mol. The summed E-state index contributed by atoms with van der Waals surface area (Å²) in [5, 5.41) is 28.4. The summed E-state index contributed by atoms with van der Waals surface area (Å²) in [6, 6.07) is 24.9. The summed E-state index contributed by atoms with van der Waals surface area (Å²) < 4.78 is 16.7. The number of para-hydroxylation sites is 1. The maximum absolute atomic E-state index is 10.1. The maximum atomic E-state index is 10.1. The Morgan fingerprint density at radius 3 is 1.42 bits per heavy atom. The summed E-state index contributed by atoms with van der Waals surface area (Å²) in [5.41, 5.74) is 1.98. The Morgan fingerprint density at radius 1 is 0.606 bits per heavy atom. The van der Waals surface area contributed by atoms with Crippen molar-refractivity contribution in [3.05, 3.63) is 90.0 Å². The number of benzene rings is 3. The Kier molecular flexibility index (Phi) is 8.72. The maximum Gasteiger partial charge on any atom is 0.122 e. The fourth-order valence-electron chi connectivity index (χ4n) is 3.30. The average Bonchev–Trinajstić information content (AvgIpc) is 2.86. The fourth-order valence-corrected chi connectivity index (χ4v) is 3.30. The van der Waals surface area contributed by atoms with Crippen LogP contribution in [0.1, 0.15) is 25.0 Å². The Bertz CT molecular complexity index is 954. The number of hydrogen-bond acceptors (Lipinski definition) is 6. The number of rotatable bonds is 12. The van der Waals surface area contributed by atoms with Gasteiger partial charge in [0, 0.05) is 5.41 Å². The lowest BCUT2D eigenvalue weighted by molar-refractivity contribution is 0.0536. The second-order valence-corrected chi connectivity index (χ2v) is 8.41. The Hall–Kier alpha value is -3.06. The molecule has 2 atom stereocenters. The van der Waals surface area contributed by atoms with Gasteiger partial charge in [-0.3, -0.25) is 0 Å². The van der Waals surface area contributed by atoms with Gasteiger partial charge in [0.2, 0.25) is 0 Å². The van der Waals surface area contributed by atoms with Gasteiger partial charge in [-0.25, -0.2) is 0 Å². The highest BCUT2D eigenvalue weighted by molar-refractivity contribution is 5.41. The van der Waals surface area contributed by atoms with E-state index >= 15 is 0 Å². The molecule has 3 rings (SSSR count). The van der Waals surface area contributed by atoms with Crippen molar-refractivity contribution < 1.29 is 29.5 Å². The second kappa shape index (κ2) is 11.7. The van der Waals surface area contributed by atoms with E-state index in [0.717, 1.165) is 11.1 Å². The molecule has 3 aromatic carbocycles. The molecule has 176 valence electrons. The molecule has 0 fully saturated rings. The first-order valence-electron chi connectivity index (χ1n) is 11.0. The van der Waals surface area contributed by atoms with E-state index in [4.69, 9.17) is 19.3 Å². The SMILES string of the molecule is CC(C)(c1ccc(OCC(O)CO)cc1)c1ccc(OCC(O)COc2ccccc2)cc1. The number of aliphatic hydroxyl groups excluding tert-OH is 3. The highest BCUT2D eigenvalue weighted by Crippen LogP contribution is 2.33. The van der Waals surface area contributed by atoms with Gasteiger partial charge in [-0.15, -0.1) is 0 Å². The summed E-state index contributed by atoms with van der Waals surface area (Å²) in [4.78, 5) is 0. The third kappa shape index (κ3) is 7.22. The summed E-state index contributed by atoms with van der Waals surface area (Å²) in [5.74, 6) is 2.03. The lowest BCUT2D eigenvalue weighted by Crippen LogP contribution is -2.25. The van der Waals surface area contributed by atoms with Crippen LogP contribution >= 0.6 is 0 Å². The van der Waals surface area contributed by atoms with Crippen molar-refractivity contribution >= 4 is 0 Å². The second-order valence-electron chi connectivity index (χ2n) is 8.41. The van der Waals surface area contributed by atoms with E-state index in [1.54, 1.807) is 0 Å². The summed E-state index contributed by atoms with van der Waals surface area (Å²) >= 11 is 0. The molecule has 0 aromatic heterocycles. The molecule has 0 aliphatic carbocycles. The van der Waals surface area contributed by atoms with Gasteiger partial charge in [-0.05, 0) is 47.5 Å². The minimum atomic E-state index is -0.889. The highest BCUT2D eigenvalue weighted by atomic mass is 16.5. The van der Waals surface area contributed by atoms with Crippen molar-refractivity contribution in [3.8, 4) is 17.2 Å². The van der Waals surface area contributed by atoms with Gasteiger partial charge in [0.25, 0.3) is 0 Å². The van der Waals surface area contributed by atoms with E-state index in [2.05, 4.69) is 13.8 Å². The van der Waals surface area contributed by atoms with Gasteiger partial charge in [0.05, 0.1) is 6.61 Å². The van der Waals surface area contributed by atoms with Gasteiger partial charge >= 0.3 is 0 Å². The van der Waals surface area contributed by atoms with Crippen molar-refractivity contribution in [1.82, 2.24) is 0 Å². The lowest BCUT2D eigenvalue weighted by atomic mass is 9.78. The molecular weight excluding hydrogens is 420 g/mol. The van der Waals surface area contributed by atoms with Gasteiger partial charge in [0.15, 0.2) is 0 Å². The molecule has 0 saturated heterocycles. The first kappa shape index (κ1) is 24.6. The van der Waals surface area contributed by atoms with Crippen LogP contribution in [0.3, 0.4) is 0 Å². The van der Waals surface area contributed by atoms with Crippen LogP contribution in [0.25, 0.3) is 0 Å². The standard InChI is InChI=1S/C27H32O6/c1-27(2,20-8-12-25(13-9-20)31-17-22(29)16-28)21-10-14-26(15-11-21)33-19-23(30)18-32-24-6-4-3-5-7-24/h3-15,22-23,28-30H,16-19H2,1-2H3. The van der Waals surface area contributed by atoms with E-state index < -0.39 is 12.2 Å². The number of hydrogen-bond donors (Lipinski definition) is 3. The molecule has 0 spiro atoms. The van der Waals surface area contributed by atoms with E-state index in [1.165, 1.54) is 0 Å². The van der Waals surface area contributed by atoms with Gasteiger partial charge in [-0.1, -0.05) is 56.3 Å². The van der Waals surface area contributed by atoms with Crippen LogP contribution in [0.5, 0.6) is 17.2 Å². The molecule has 0 aliphatic heterocycles. The minimum absolute atomic E-state index is 0.0494. The molecule has 0 saturated carbocycles. The molecular formula is C27H32O6. The van der Waals surface area contributed by atoms with Crippen molar-refractivity contribution in [1.29, 1.82) is 0 Å². The molecule has 6 nitrogen and oxygen atoms in total. The van der Waals surface area contributed by atoms with Crippen LogP contribution in [0.15, 0.2) is 78.9 Å². The highest BCUT2D eigenvalue weighted by Gasteiger charge is 2.23. The Balaban J connectivity index is 1.52. The van der Waals surface area contributed by atoms with Crippen LogP contribution in [0, 0.1) is 0 Å². The van der Waals surface area contributed by atoms with Crippen molar-refractivity contribution in [2.24, 2.45) is 0 Å². The van der Waals surface area contributed by atoms with Crippen LogP contribution < -0.4 is 14.2 Å². The molecule has 0 bridgehead atoms. The molecule has 0 heterocycles. The topological polar surface area (TPSA) is 88.4 Å². The summed E-state index contributed by atoms with van der Waals surface area (Å²) in [6.45, 7) is 4.30. The molecule has 0 radical (unpaired) electrons. The van der Waals surface area contributed by atoms with Crippen molar-refractivity contribution in [3.63, 3.8) is 0 Å². The van der Waals surface area contributed by atoms with Crippen molar-refractivity contribution in [2.75, 3.05) is 26.4 Å². The first-order valence-corrected chi connectivity index (χ1v) is 11.0. The van der Waals surface area contributed by atoms with Gasteiger partial charge < -0.3 is 29.5 Å². The van der Waals surface area contributed by atoms with Gasteiger partial charge in [0.1, 0.15) is 49.3 Å². The Labute approximate surface area is 195 Å². The fraction of sp³-hybridized carbons (Fsp3) is 0.333. The average molecular weight is 453 g/mol. The number of aliphatic hydroxyl groups is 3. The van der Waals surface area contributed by atoms with E-state index in [0.29, 0.717) is 17.2 Å². The molecule has 6 heteroatoms. The number of ether oxygens (including phenoxy) is 3. The Morgan fingerprint density at radius 2 is 1.00 bits per heavy atom. The van der Waals surface area contributed by atoms with Crippen LogP contribution in [-0.2, 0) is 5.41 Å². The summed E-state index contributed by atoms with van der Waals surface area (Å²) in [7, 11) is 0. The first-order chi connectivity index (χ1) is 15.9. The predicted octanol–water partition coefficient (Wildman–Crippen LogP) is 3.56. The third-order valence-electron chi connectivity index (χ3n) is 5.43. The molecule has 3 aromatic rings. The van der Waals surface area contributed by atoms with E-state index in [1.807, 2.05) is 78.9 Å². The van der Waals surface area contributed by atoms with Crippen LogP contribution in [0.4, 0.5) is 0 Å². The van der Waals surface area contributed by atoms with Crippen LogP contribution in [-0.4, -0.2) is 54.0 Å². The lowest BCUT2D eigenvalue weighted by Gasteiger charge is -2.26. The molecule has 2 unspecified atom stereocenters. The monoisotopic (exact) mass is 452 g/mol. The molecule has 3 N–H and O–H groups in total. The third-order valence-corrected chi connectivity index (χ3v) is 5.43. The smallest absolute Gasteiger partial charge is 0.122 e. The zero-order chi connectivity index (χ0) is 23.7. The zero-order valence-electron chi connectivity index (χ0n) is 19.1. The van der Waals surface area contributed by atoms with Crippen LogP contribution in [0.2, 0.25) is 0 Å². The molecule has 0 amide bonds. The molecule has 33 heavy (non-hydrogen) atoms. The summed E-state index contributed by atoms with van der Waals surface area (Å²) in [6.07, 6.45) is -1.63. The normalized spacial score (nSPS) is 13.2. The van der Waals surface area contributed by atoms with E-state index in [9.17, 15) is 10.2 Å². The zero-order valence-corrected chi connectivity index (χ0v) is 19.1. The van der Waals surface area contributed by atoms with Gasteiger partial charge in [-0.2, -0.15) is 0 Å². The largest absolute Gasteiger partial charge is 0.491 e. The minimum Gasteiger partial charge on any atom is -0.491 e.